The molecular weight excluding hydrogens is 382 g/mol. The van der Waals surface area contributed by atoms with Crippen molar-refractivity contribution in [2.45, 2.75) is 32.7 Å². The fraction of sp³-hybridized carbons (Fsp3) is 0.333. The molecule has 1 atom stereocenters. The SMILES string of the molecule is COCc1cc(CNC(=O)Cn2nc(-c3ccccc3)nc2[C@H](C)N)[nH]n1.Cl. The highest BCUT2D eigenvalue weighted by Crippen LogP contribution is 2.17. The molecular formula is C18H24ClN7O2. The largest absolute Gasteiger partial charge is 0.378 e. The summed E-state index contributed by atoms with van der Waals surface area (Å²) in [6.45, 7) is 2.61. The van der Waals surface area contributed by atoms with E-state index in [1.165, 1.54) is 0 Å². The second kappa shape index (κ2) is 9.98. The van der Waals surface area contributed by atoms with Crippen molar-refractivity contribution in [3.63, 3.8) is 0 Å². The Hall–Kier alpha value is -2.75. The molecule has 1 aromatic carbocycles. The number of aromatic nitrogens is 5. The van der Waals surface area contributed by atoms with Gasteiger partial charge in [0.1, 0.15) is 12.4 Å². The van der Waals surface area contributed by atoms with Crippen LogP contribution in [0.2, 0.25) is 0 Å². The smallest absolute Gasteiger partial charge is 0.242 e. The molecule has 0 saturated carbocycles. The van der Waals surface area contributed by atoms with Crippen LogP contribution in [0.1, 0.15) is 30.2 Å². The van der Waals surface area contributed by atoms with E-state index < -0.39 is 0 Å². The van der Waals surface area contributed by atoms with E-state index in [0.717, 1.165) is 17.0 Å². The maximum atomic E-state index is 12.3. The molecule has 0 spiro atoms. The maximum absolute atomic E-state index is 12.3. The second-order valence-electron chi connectivity index (χ2n) is 6.20. The topological polar surface area (TPSA) is 124 Å². The molecule has 0 saturated heterocycles. The number of methoxy groups -OCH3 is 1. The van der Waals surface area contributed by atoms with Crippen molar-refractivity contribution in [1.82, 2.24) is 30.3 Å². The molecule has 1 amide bonds. The first-order chi connectivity index (χ1) is 13.1. The molecule has 4 N–H and O–H groups in total. The summed E-state index contributed by atoms with van der Waals surface area (Å²) in [7, 11) is 1.61. The molecule has 0 aliphatic carbocycles. The number of hydrogen-bond donors (Lipinski definition) is 3. The molecule has 2 heterocycles. The molecule has 0 bridgehead atoms. The Kier molecular flexibility index (Phi) is 7.68. The first-order valence-corrected chi connectivity index (χ1v) is 8.61. The van der Waals surface area contributed by atoms with Gasteiger partial charge in [-0.2, -0.15) is 10.2 Å². The van der Waals surface area contributed by atoms with E-state index in [2.05, 4.69) is 25.6 Å². The van der Waals surface area contributed by atoms with Crippen LogP contribution in [-0.4, -0.2) is 38.0 Å². The molecule has 3 aromatic rings. The van der Waals surface area contributed by atoms with Gasteiger partial charge in [0.05, 0.1) is 30.6 Å². The van der Waals surface area contributed by atoms with Crippen LogP contribution in [0.25, 0.3) is 11.4 Å². The second-order valence-corrected chi connectivity index (χ2v) is 6.20. The fourth-order valence-corrected chi connectivity index (χ4v) is 2.62. The van der Waals surface area contributed by atoms with Gasteiger partial charge in [0.2, 0.25) is 5.91 Å². The van der Waals surface area contributed by atoms with E-state index in [0.29, 0.717) is 24.8 Å². The van der Waals surface area contributed by atoms with Crippen molar-refractivity contribution >= 4 is 18.3 Å². The standard InChI is InChI=1S/C18H23N7O2.ClH/c1-12(19)18-21-17(13-6-4-3-5-7-13)24-25(18)10-16(26)20-9-14-8-15(11-27-2)23-22-14;/h3-8,12H,9-11,19H2,1-2H3,(H,20,26)(H,22,23);1H/t12-;/m0./s1. The molecule has 0 aliphatic heterocycles. The van der Waals surface area contributed by atoms with Gasteiger partial charge in [0, 0.05) is 12.7 Å². The summed E-state index contributed by atoms with van der Waals surface area (Å²) >= 11 is 0. The molecule has 3 rings (SSSR count). The molecule has 0 unspecified atom stereocenters. The lowest BCUT2D eigenvalue weighted by molar-refractivity contribution is -0.122. The number of halogens is 1. The Morgan fingerprint density at radius 1 is 1.36 bits per heavy atom. The predicted octanol–water partition coefficient (Wildman–Crippen LogP) is 1.57. The third kappa shape index (κ3) is 5.38. The van der Waals surface area contributed by atoms with E-state index >= 15 is 0 Å². The Bertz CT molecular complexity index is 892. The highest BCUT2D eigenvalue weighted by atomic mass is 35.5. The molecule has 28 heavy (non-hydrogen) atoms. The summed E-state index contributed by atoms with van der Waals surface area (Å²) in [4.78, 5) is 16.8. The predicted molar refractivity (Wildman–Crippen MR) is 106 cm³/mol. The lowest BCUT2D eigenvalue weighted by Crippen LogP contribution is -2.29. The van der Waals surface area contributed by atoms with Gasteiger partial charge >= 0.3 is 0 Å². The Morgan fingerprint density at radius 2 is 2.11 bits per heavy atom. The number of amides is 1. The summed E-state index contributed by atoms with van der Waals surface area (Å²) in [6, 6.07) is 11.1. The Morgan fingerprint density at radius 3 is 2.79 bits per heavy atom. The third-order valence-corrected chi connectivity index (χ3v) is 3.89. The van der Waals surface area contributed by atoms with Crippen LogP contribution in [0.3, 0.4) is 0 Å². The monoisotopic (exact) mass is 405 g/mol. The minimum absolute atomic E-state index is 0. The van der Waals surface area contributed by atoms with E-state index in [9.17, 15) is 4.79 Å². The minimum Gasteiger partial charge on any atom is -0.378 e. The van der Waals surface area contributed by atoms with Crippen LogP contribution < -0.4 is 11.1 Å². The number of nitrogens with two attached hydrogens (primary N) is 1. The van der Waals surface area contributed by atoms with Crippen LogP contribution in [0, 0.1) is 0 Å². The number of aromatic amines is 1. The van der Waals surface area contributed by atoms with Gasteiger partial charge in [-0.05, 0) is 13.0 Å². The van der Waals surface area contributed by atoms with Crippen LogP contribution >= 0.6 is 12.4 Å². The highest BCUT2D eigenvalue weighted by molar-refractivity contribution is 5.85. The molecule has 150 valence electrons. The quantitative estimate of drug-likeness (QED) is 0.522. The highest BCUT2D eigenvalue weighted by Gasteiger charge is 2.17. The lowest BCUT2D eigenvalue weighted by Gasteiger charge is -2.08. The fourth-order valence-electron chi connectivity index (χ4n) is 2.62. The van der Waals surface area contributed by atoms with Gasteiger partial charge in [0.25, 0.3) is 0 Å². The van der Waals surface area contributed by atoms with Crippen molar-refractivity contribution in [2.24, 2.45) is 5.73 Å². The number of hydrogen-bond acceptors (Lipinski definition) is 6. The minimum atomic E-state index is -0.341. The molecule has 0 aliphatic rings. The van der Waals surface area contributed by atoms with Gasteiger partial charge in [-0.15, -0.1) is 12.4 Å². The van der Waals surface area contributed by atoms with E-state index in [4.69, 9.17) is 10.5 Å². The number of nitrogens with one attached hydrogen (secondary N) is 2. The van der Waals surface area contributed by atoms with Crippen LogP contribution in [0.4, 0.5) is 0 Å². The van der Waals surface area contributed by atoms with E-state index in [-0.39, 0.29) is 30.9 Å². The zero-order valence-electron chi connectivity index (χ0n) is 15.8. The lowest BCUT2D eigenvalue weighted by atomic mass is 10.2. The zero-order valence-corrected chi connectivity index (χ0v) is 16.6. The number of ether oxygens (including phenoxy) is 1. The summed E-state index contributed by atoms with van der Waals surface area (Å²) in [6.07, 6.45) is 0. The molecule has 0 fully saturated rings. The van der Waals surface area contributed by atoms with Crippen LogP contribution in [-0.2, 0) is 29.2 Å². The van der Waals surface area contributed by atoms with Crippen molar-refractivity contribution in [1.29, 1.82) is 0 Å². The van der Waals surface area contributed by atoms with E-state index in [1.54, 1.807) is 11.8 Å². The normalized spacial score (nSPS) is 11.7. The van der Waals surface area contributed by atoms with Crippen molar-refractivity contribution in [2.75, 3.05) is 7.11 Å². The van der Waals surface area contributed by atoms with Crippen molar-refractivity contribution in [3.05, 3.63) is 53.6 Å². The summed E-state index contributed by atoms with van der Waals surface area (Å²) < 4.78 is 6.57. The van der Waals surface area contributed by atoms with Gasteiger partial charge < -0.3 is 15.8 Å². The molecule has 0 radical (unpaired) electrons. The number of nitrogens with zero attached hydrogens (tertiary/aromatic N) is 4. The first kappa shape index (κ1) is 21.5. The molecule has 9 nitrogen and oxygen atoms in total. The Labute approximate surface area is 169 Å². The summed E-state index contributed by atoms with van der Waals surface area (Å²) in [5.74, 6) is 0.922. The van der Waals surface area contributed by atoms with Gasteiger partial charge in [-0.1, -0.05) is 30.3 Å². The maximum Gasteiger partial charge on any atom is 0.242 e. The number of benzene rings is 1. The van der Waals surface area contributed by atoms with Gasteiger partial charge in [-0.3, -0.25) is 9.89 Å². The Balaban J connectivity index is 0.00000280. The first-order valence-electron chi connectivity index (χ1n) is 8.61. The van der Waals surface area contributed by atoms with Crippen molar-refractivity contribution < 1.29 is 9.53 Å². The third-order valence-electron chi connectivity index (χ3n) is 3.89. The van der Waals surface area contributed by atoms with Crippen LogP contribution in [0.5, 0.6) is 0 Å². The average molecular weight is 406 g/mol. The van der Waals surface area contributed by atoms with Gasteiger partial charge in [0.15, 0.2) is 5.82 Å². The van der Waals surface area contributed by atoms with Crippen LogP contribution in [0.15, 0.2) is 36.4 Å². The van der Waals surface area contributed by atoms with E-state index in [1.807, 2.05) is 43.3 Å². The summed E-state index contributed by atoms with van der Waals surface area (Å²) in [5, 5.41) is 14.3. The number of rotatable bonds is 8. The van der Waals surface area contributed by atoms with Crippen molar-refractivity contribution in [3.8, 4) is 11.4 Å². The molecule has 10 heteroatoms. The molecule has 2 aromatic heterocycles. The number of H-pyrrole nitrogens is 1. The number of carbonyl (C=O) groups excluding carboxylic acids is 1. The summed E-state index contributed by atoms with van der Waals surface area (Å²) in [5.41, 5.74) is 8.45. The number of carbonyl (C=O) groups is 1. The average Bonchev–Trinajstić information content (AvgIpc) is 3.28. The zero-order chi connectivity index (χ0) is 19.2. The van der Waals surface area contributed by atoms with Gasteiger partial charge in [-0.25, -0.2) is 9.67 Å².